The van der Waals surface area contributed by atoms with Crippen LogP contribution in [-0.2, 0) is 28.0 Å². The third-order valence-electron chi connectivity index (χ3n) is 7.35. The highest BCUT2D eigenvalue weighted by atomic mass is 32.1. The number of hydrogen-bond donors (Lipinski definition) is 4. The van der Waals surface area contributed by atoms with E-state index in [0.717, 1.165) is 48.2 Å². The number of carbonyl (C=O) groups excluding carboxylic acids is 1. The highest BCUT2D eigenvalue weighted by Gasteiger charge is 2.35. The average Bonchev–Trinajstić information content (AvgIpc) is 3.32. The zero-order chi connectivity index (χ0) is 33.3. The van der Waals surface area contributed by atoms with Gasteiger partial charge in [-0.2, -0.15) is 18.6 Å². The van der Waals surface area contributed by atoms with Crippen molar-refractivity contribution in [3.05, 3.63) is 56.0 Å². The van der Waals surface area contributed by atoms with Crippen molar-refractivity contribution in [2.45, 2.75) is 72.1 Å². The second kappa shape index (κ2) is 17.4. The second-order valence-corrected chi connectivity index (χ2v) is 12.6. The number of methoxy groups -OCH3 is 1. The van der Waals surface area contributed by atoms with Gasteiger partial charge in [0.15, 0.2) is 0 Å². The van der Waals surface area contributed by atoms with Crippen molar-refractivity contribution in [1.29, 1.82) is 5.41 Å². The molecule has 3 aromatic rings. The van der Waals surface area contributed by atoms with Crippen LogP contribution in [0.15, 0.2) is 32.9 Å². The van der Waals surface area contributed by atoms with Crippen LogP contribution in [0.4, 0.5) is 9.39 Å². The predicted molar refractivity (Wildman–Crippen MR) is 186 cm³/mol. The monoisotopic (exact) mass is 680 g/mol. The van der Waals surface area contributed by atoms with Crippen LogP contribution in [0, 0.1) is 24.1 Å². The zero-order valence-electron chi connectivity index (χ0n) is 27.1. The van der Waals surface area contributed by atoms with Gasteiger partial charge in [-0.3, -0.25) is 19.6 Å². The van der Waals surface area contributed by atoms with Crippen LogP contribution in [0.5, 0.6) is 5.75 Å². The molecule has 0 unspecified atom stereocenters. The first-order valence-electron chi connectivity index (χ1n) is 14.8. The normalized spacial score (nSPS) is 13.7. The molecule has 15 heteroatoms. The lowest BCUT2D eigenvalue weighted by Gasteiger charge is -2.27. The molecule has 4 N–H and O–H groups in total. The molecule has 0 bridgehead atoms. The van der Waals surface area contributed by atoms with E-state index < -0.39 is 28.5 Å². The summed E-state index contributed by atoms with van der Waals surface area (Å²) >= 11 is 1.16. The number of aliphatic hydroxyl groups is 1. The molecule has 12 nitrogen and oxygen atoms in total. The lowest BCUT2D eigenvalue weighted by molar-refractivity contribution is -0.128. The summed E-state index contributed by atoms with van der Waals surface area (Å²) in [6.45, 7) is 10.7. The van der Waals surface area contributed by atoms with E-state index in [1.54, 1.807) is 6.92 Å². The van der Waals surface area contributed by atoms with E-state index in [2.05, 4.69) is 15.8 Å². The van der Waals surface area contributed by atoms with Gasteiger partial charge in [0.05, 0.1) is 24.8 Å². The van der Waals surface area contributed by atoms with E-state index >= 15 is 0 Å². The number of benzene rings is 1. The summed E-state index contributed by atoms with van der Waals surface area (Å²) in [7, 11) is 1.48. The van der Waals surface area contributed by atoms with Crippen LogP contribution in [-0.4, -0.2) is 65.5 Å². The first kappa shape index (κ1) is 38.7. The molecule has 2 aromatic heterocycles. The Morgan fingerprint density at radius 1 is 1.30 bits per heavy atom. The summed E-state index contributed by atoms with van der Waals surface area (Å²) in [4.78, 5) is 41.2. The number of aromatic nitrogens is 2. The van der Waals surface area contributed by atoms with Crippen molar-refractivity contribution in [3.8, 4) is 5.75 Å². The summed E-state index contributed by atoms with van der Waals surface area (Å²) in [5.74, 6) is -0.233. The topological polar surface area (TPSA) is 160 Å². The minimum atomic E-state index is -1.49. The van der Waals surface area contributed by atoms with Gasteiger partial charge in [0.2, 0.25) is 5.91 Å². The Bertz CT molecular complexity index is 1640. The Morgan fingerprint density at radius 3 is 2.54 bits per heavy atom. The van der Waals surface area contributed by atoms with Crippen LogP contribution >= 0.6 is 24.8 Å². The molecule has 1 fully saturated rings. The lowest BCUT2D eigenvalue weighted by Crippen LogP contribution is -2.56. The number of halogens is 1. The Labute approximate surface area is 278 Å². The standard InChI is InChI=1S/C26H33FN6O4S.C5H10O2.H2S/c1-15(2)14-29-24(35)26(4,5)33-22(34)20-16(3)21(31-30-11-10-28)38-23(20)32(25(33)36)12-9-17-13-18(27)7-8-19(17)37-6;6-5-1-3-7-4-2-5;/h7-8,10-11,13,15,28,31H,9,12,14H2,1-6H3,(H,29,35);5-6H,1-4H2;1H2/b28-10?,30-11-;;. The maximum atomic E-state index is 14.0. The number of aryl methyl sites for hydroxylation is 3. The molecule has 1 saturated heterocycles. The number of nitrogens with zero attached hydrogens (tertiary/aromatic N) is 3. The van der Waals surface area contributed by atoms with Gasteiger partial charge in [-0.15, -0.1) is 0 Å². The zero-order valence-corrected chi connectivity index (χ0v) is 28.9. The Hall–Kier alpha value is -3.53. The number of aliphatic hydroxyl groups excluding tert-OH is 1. The molecule has 0 atom stereocenters. The van der Waals surface area contributed by atoms with Gasteiger partial charge in [-0.05, 0) is 69.7 Å². The van der Waals surface area contributed by atoms with Crippen molar-refractivity contribution in [2.24, 2.45) is 11.0 Å². The Kier molecular flexibility index (Phi) is 14.6. The number of amides is 1. The van der Waals surface area contributed by atoms with E-state index in [0.29, 0.717) is 33.3 Å². The van der Waals surface area contributed by atoms with Gasteiger partial charge >= 0.3 is 5.69 Å². The van der Waals surface area contributed by atoms with E-state index in [4.69, 9.17) is 20.0 Å². The minimum Gasteiger partial charge on any atom is -0.496 e. The van der Waals surface area contributed by atoms with Crippen LogP contribution < -0.4 is 26.7 Å². The van der Waals surface area contributed by atoms with Crippen LogP contribution in [0.25, 0.3) is 10.2 Å². The first-order valence-corrected chi connectivity index (χ1v) is 15.6. The third-order valence-corrected chi connectivity index (χ3v) is 8.57. The third kappa shape index (κ3) is 9.27. The first-order chi connectivity index (χ1) is 21.3. The van der Waals surface area contributed by atoms with Gasteiger partial charge in [0.25, 0.3) is 5.56 Å². The summed E-state index contributed by atoms with van der Waals surface area (Å²) in [5, 5.41) is 23.5. The van der Waals surface area contributed by atoms with Crippen molar-refractivity contribution in [3.63, 3.8) is 0 Å². The molecule has 4 rings (SSSR count). The van der Waals surface area contributed by atoms with E-state index in [1.807, 2.05) is 13.8 Å². The summed E-state index contributed by atoms with van der Waals surface area (Å²) in [6, 6.07) is 4.16. The number of fused-ring (bicyclic) bond motifs is 1. The molecular weight excluding hydrogens is 636 g/mol. The second-order valence-electron chi connectivity index (χ2n) is 11.6. The largest absolute Gasteiger partial charge is 0.496 e. The summed E-state index contributed by atoms with van der Waals surface area (Å²) in [6.07, 6.45) is 4.03. The molecule has 1 aliphatic heterocycles. The smallest absolute Gasteiger partial charge is 0.333 e. The van der Waals surface area contributed by atoms with Gasteiger partial charge in [0.1, 0.15) is 26.9 Å². The van der Waals surface area contributed by atoms with Gasteiger partial charge in [0, 0.05) is 38.1 Å². The van der Waals surface area contributed by atoms with Crippen LogP contribution in [0.3, 0.4) is 0 Å². The number of anilines is 1. The van der Waals surface area contributed by atoms with E-state index in [9.17, 15) is 18.8 Å². The molecule has 1 amide bonds. The molecular formula is C31H45FN6O6S2. The fourth-order valence-electron chi connectivity index (χ4n) is 4.75. The lowest BCUT2D eigenvalue weighted by atomic mass is 10.0. The number of thiophene rings is 1. The van der Waals surface area contributed by atoms with Crippen molar-refractivity contribution in [1.82, 2.24) is 14.5 Å². The fraction of sp³-hybridized carbons (Fsp3) is 0.516. The van der Waals surface area contributed by atoms with Crippen LogP contribution in [0.1, 0.15) is 51.7 Å². The number of rotatable bonds is 11. The molecule has 0 saturated carbocycles. The molecule has 46 heavy (non-hydrogen) atoms. The highest BCUT2D eigenvalue weighted by Crippen LogP contribution is 2.33. The minimum absolute atomic E-state index is 0. The molecule has 254 valence electrons. The SMILES string of the molecule is COc1ccc(F)cc1CCn1c(=O)n(C(C)(C)C(=O)NCC(C)C)c(=O)c2c(C)c(N/N=C\C=N)sc21.OC1CCOCC1.S. The Morgan fingerprint density at radius 2 is 1.98 bits per heavy atom. The Balaban J connectivity index is 0.000000811. The fourth-order valence-corrected chi connectivity index (χ4v) is 5.92. The molecule has 0 aliphatic carbocycles. The summed E-state index contributed by atoms with van der Waals surface area (Å²) in [5.41, 5.74) is 1.19. The van der Waals surface area contributed by atoms with Gasteiger partial charge in [-0.25, -0.2) is 13.8 Å². The van der Waals surface area contributed by atoms with E-state index in [-0.39, 0.29) is 43.9 Å². The highest BCUT2D eigenvalue weighted by molar-refractivity contribution is 7.59. The quantitative estimate of drug-likeness (QED) is 0.177. The van der Waals surface area contributed by atoms with Gasteiger partial charge in [-0.1, -0.05) is 25.2 Å². The number of ether oxygens (including phenoxy) is 2. The van der Waals surface area contributed by atoms with Gasteiger partial charge < -0.3 is 25.3 Å². The number of hydrogen-bond acceptors (Lipinski definition) is 10. The molecule has 1 aromatic carbocycles. The average molecular weight is 681 g/mol. The predicted octanol–water partition coefficient (Wildman–Crippen LogP) is 3.75. The molecule has 0 spiro atoms. The molecule has 1 aliphatic rings. The van der Waals surface area contributed by atoms with Crippen molar-refractivity contribution >= 4 is 58.4 Å². The molecule has 0 radical (unpaired) electrons. The number of carbonyl (C=O) groups is 1. The maximum Gasteiger partial charge on any atom is 0.333 e. The maximum absolute atomic E-state index is 14.0. The van der Waals surface area contributed by atoms with Crippen LogP contribution in [0.2, 0.25) is 0 Å². The number of nitrogens with one attached hydrogen (secondary N) is 3. The van der Waals surface area contributed by atoms with Crippen molar-refractivity contribution < 1.29 is 23.8 Å². The van der Waals surface area contributed by atoms with Crippen molar-refractivity contribution in [2.75, 3.05) is 32.3 Å². The molecule has 3 heterocycles. The number of hydrazone groups is 1. The van der Waals surface area contributed by atoms with E-state index in [1.165, 1.54) is 49.9 Å². The summed E-state index contributed by atoms with van der Waals surface area (Å²) < 4.78 is 26.7.